The zero-order valence-electron chi connectivity index (χ0n) is 13.1. The van der Waals surface area contributed by atoms with E-state index in [1.165, 1.54) is 6.42 Å². The number of piperidine rings is 1. The second-order valence-corrected chi connectivity index (χ2v) is 5.66. The van der Waals surface area contributed by atoms with Gasteiger partial charge in [-0.3, -0.25) is 0 Å². The van der Waals surface area contributed by atoms with E-state index in [1.807, 2.05) is 0 Å². The van der Waals surface area contributed by atoms with E-state index in [9.17, 15) is 0 Å². The summed E-state index contributed by atoms with van der Waals surface area (Å²) >= 11 is 0. The van der Waals surface area contributed by atoms with Crippen molar-refractivity contribution in [1.29, 1.82) is 0 Å². The molecule has 1 aliphatic rings. The number of hydrogen-bond donors (Lipinski definition) is 1. The zero-order chi connectivity index (χ0) is 14.5. The fourth-order valence-corrected chi connectivity index (χ4v) is 2.83. The molecule has 110 valence electrons. The second-order valence-electron chi connectivity index (χ2n) is 5.66. The van der Waals surface area contributed by atoms with Crippen molar-refractivity contribution in [3.8, 4) is 0 Å². The molecule has 2 rings (SSSR count). The van der Waals surface area contributed by atoms with E-state index in [-0.39, 0.29) is 0 Å². The molecule has 2 unspecified atom stereocenters. The van der Waals surface area contributed by atoms with Crippen LogP contribution in [0.1, 0.15) is 37.9 Å². The van der Waals surface area contributed by atoms with Crippen LogP contribution in [0, 0.1) is 12.8 Å². The molecule has 0 saturated carbocycles. The monoisotopic (exact) mass is 274 g/mol. The highest BCUT2D eigenvalue weighted by Gasteiger charge is 2.26. The lowest BCUT2D eigenvalue weighted by Crippen LogP contribution is -2.49. The number of allylic oxidation sites excluding steroid dienone is 1. The van der Waals surface area contributed by atoms with E-state index < -0.39 is 0 Å². The van der Waals surface area contributed by atoms with Gasteiger partial charge in [0.05, 0.1) is 5.69 Å². The highest BCUT2D eigenvalue weighted by molar-refractivity contribution is 5.65. The fraction of sp³-hybridized carbons (Fsp3) is 0.625. The number of nitrogens with one attached hydrogen (secondary N) is 1. The van der Waals surface area contributed by atoms with E-state index in [0.29, 0.717) is 12.0 Å². The molecule has 1 saturated heterocycles. The van der Waals surface area contributed by atoms with E-state index in [2.05, 4.69) is 60.2 Å². The van der Waals surface area contributed by atoms with Gasteiger partial charge in [-0.25, -0.2) is 9.97 Å². The first kappa shape index (κ1) is 15.0. The summed E-state index contributed by atoms with van der Waals surface area (Å²) < 4.78 is 0. The highest BCUT2D eigenvalue weighted by atomic mass is 15.2. The third kappa shape index (κ3) is 3.18. The van der Waals surface area contributed by atoms with Crippen LogP contribution in [0.25, 0.3) is 6.08 Å². The summed E-state index contributed by atoms with van der Waals surface area (Å²) in [5, 5.41) is 3.49. The van der Waals surface area contributed by atoms with Crippen molar-refractivity contribution in [2.75, 3.05) is 25.0 Å². The van der Waals surface area contributed by atoms with Crippen molar-refractivity contribution in [3.63, 3.8) is 0 Å². The Bertz CT molecular complexity index is 470. The summed E-state index contributed by atoms with van der Waals surface area (Å²) in [6, 6.07) is 0.492. The number of likely N-dealkylation sites (N-methyl/N-ethyl adjacent to an activating group) is 1. The van der Waals surface area contributed by atoms with Gasteiger partial charge in [-0.05, 0) is 32.2 Å². The first-order valence-corrected chi connectivity index (χ1v) is 7.56. The predicted molar refractivity (Wildman–Crippen MR) is 84.9 cm³/mol. The Morgan fingerprint density at radius 1 is 1.45 bits per heavy atom. The lowest BCUT2D eigenvalue weighted by molar-refractivity contribution is 0.337. The number of aryl methyl sites for hydroxylation is 1. The molecule has 0 aromatic carbocycles. The van der Waals surface area contributed by atoms with Crippen LogP contribution < -0.4 is 10.2 Å². The van der Waals surface area contributed by atoms with E-state index in [4.69, 9.17) is 0 Å². The number of anilines is 1. The van der Waals surface area contributed by atoms with Crippen LogP contribution in [0.5, 0.6) is 0 Å². The van der Waals surface area contributed by atoms with Gasteiger partial charge in [-0.1, -0.05) is 26.0 Å². The van der Waals surface area contributed by atoms with Crippen LogP contribution in [-0.2, 0) is 0 Å². The molecule has 4 nitrogen and oxygen atoms in total. The normalized spacial score (nSPS) is 23.2. The Morgan fingerprint density at radius 3 is 2.95 bits per heavy atom. The van der Waals surface area contributed by atoms with E-state index >= 15 is 0 Å². The van der Waals surface area contributed by atoms with Gasteiger partial charge in [-0.15, -0.1) is 0 Å². The van der Waals surface area contributed by atoms with Crippen molar-refractivity contribution in [2.24, 2.45) is 5.92 Å². The molecule has 1 fully saturated rings. The van der Waals surface area contributed by atoms with Gasteiger partial charge in [0, 0.05) is 25.2 Å². The molecule has 0 spiro atoms. The summed E-state index contributed by atoms with van der Waals surface area (Å²) in [6.07, 6.45) is 8.25. The topological polar surface area (TPSA) is 41.1 Å². The summed E-state index contributed by atoms with van der Waals surface area (Å²) in [4.78, 5) is 11.2. The predicted octanol–water partition coefficient (Wildman–Crippen LogP) is 2.64. The Morgan fingerprint density at radius 2 is 2.25 bits per heavy atom. The van der Waals surface area contributed by atoms with Crippen LogP contribution in [0.2, 0.25) is 0 Å². The van der Waals surface area contributed by atoms with Gasteiger partial charge >= 0.3 is 0 Å². The van der Waals surface area contributed by atoms with Crippen LogP contribution in [0.3, 0.4) is 0 Å². The fourth-order valence-electron chi connectivity index (χ4n) is 2.83. The maximum Gasteiger partial charge on any atom is 0.139 e. The standard InChI is InChI=1S/C16H26N4/c1-5-6-7-14-13(3)18-11-19-16(14)20(4)15-10-17-9-8-12(15)2/h6-7,11-12,15,17H,5,8-10H2,1-4H3/b7-6-. The minimum atomic E-state index is 0.492. The molecule has 0 aliphatic carbocycles. The van der Waals surface area contributed by atoms with Gasteiger partial charge < -0.3 is 10.2 Å². The first-order valence-electron chi connectivity index (χ1n) is 7.56. The van der Waals surface area contributed by atoms with Crippen LogP contribution >= 0.6 is 0 Å². The Hall–Kier alpha value is -1.42. The molecule has 2 atom stereocenters. The van der Waals surface area contributed by atoms with Gasteiger partial charge in [0.25, 0.3) is 0 Å². The van der Waals surface area contributed by atoms with E-state index in [0.717, 1.165) is 36.6 Å². The number of rotatable bonds is 4. The second kappa shape index (κ2) is 6.84. The third-order valence-corrected chi connectivity index (χ3v) is 4.20. The van der Waals surface area contributed by atoms with Crippen molar-refractivity contribution in [2.45, 2.75) is 39.7 Å². The van der Waals surface area contributed by atoms with Gasteiger partial charge in [0.2, 0.25) is 0 Å². The summed E-state index contributed by atoms with van der Waals surface area (Å²) in [5.74, 6) is 1.72. The highest BCUT2D eigenvalue weighted by Crippen LogP contribution is 2.26. The van der Waals surface area contributed by atoms with E-state index in [1.54, 1.807) is 6.33 Å². The summed E-state index contributed by atoms with van der Waals surface area (Å²) in [6.45, 7) is 8.68. The minimum Gasteiger partial charge on any atom is -0.355 e. The first-order chi connectivity index (χ1) is 9.65. The molecule has 20 heavy (non-hydrogen) atoms. The quantitative estimate of drug-likeness (QED) is 0.916. The van der Waals surface area contributed by atoms with Gasteiger partial charge in [0.1, 0.15) is 12.1 Å². The van der Waals surface area contributed by atoms with Crippen molar-refractivity contribution in [1.82, 2.24) is 15.3 Å². The summed E-state index contributed by atoms with van der Waals surface area (Å²) in [7, 11) is 2.15. The maximum atomic E-state index is 4.54. The molecule has 4 heteroatoms. The third-order valence-electron chi connectivity index (χ3n) is 4.20. The molecule has 2 heterocycles. The van der Waals surface area contributed by atoms with Crippen LogP contribution in [0.15, 0.2) is 12.4 Å². The largest absolute Gasteiger partial charge is 0.355 e. The van der Waals surface area contributed by atoms with Gasteiger partial charge in [0.15, 0.2) is 0 Å². The summed E-state index contributed by atoms with van der Waals surface area (Å²) in [5.41, 5.74) is 2.19. The molecule has 1 N–H and O–H groups in total. The molecule has 1 aromatic rings. The lowest BCUT2D eigenvalue weighted by atomic mass is 9.93. The number of hydrogen-bond acceptors (Lipinski definition) is 4. The molecular formula is C16H26N4. The minimum absolute atomic E-state index is 0.492. The van der Waals surface area contributed by atoms with Crippen molar-refractivity contribution in [3.05, 3.63) is 23.7 Å². The number of aromatic nitrogens is 2. The average molecular weight is 274 g/mol. The molecule has 0 radical (unpaired) electrons. The van der Waals surface area contributed by atoms with Crippen molar-refractivity contribution < 1.29 is 0 Å². The van der Waals surface area contributed by atoms with Crippen LogP contribution in [-0.4, -0.2) is 36.1 Å². The molecule has 0 amide bonds. The lowest BCUT2D eigenvalue weighted by Gasteiger charge is -2.38. The van der Waals surface area contributed by atoms with Gasteiger partial charge in [-0.2, -0.15) is 0 Å². The molecular weight excluding hydrogens is 248 g/mol. The van der Waals surface area contributed by atoms with Crippen LogP contribution in [0.4, 0.5) is 5.82 Å². The Balaban J connectivity index is 2.31. The Kier molecular flexibility index (Phi) is 5.12. The smallest absolute Gasteiger partial charge is 0.139 e. The maximum absolute atomic E-state index is 4.54. The zero-order valence-corrected chi connectivity index (χ0v) is 13.1. The molecule has 1 aromatic heterocycles. The molecule has 1 aliphatic heterocycles. The average Bonchev–Trinajstić information content (AvgIpc) is 2.45. The Labute approximate surface area is 122 Å². The number of nitrogens with zero attached hydrogens (tertiary/aromatic N) is 3. The van der Waals surface area contributed by atoms with Crippen molar-refractivity contribution >= 4 is 11.9 Å². The SMILES string of the molecule is CC/C=C\c1c(C)ncnc1N(C)C1CNCCC1C. The molecule has 0 bridgehead atoms.